The summed E-state index contributed by atoms with van der Waals surface area (Å²) in [6.45, 7) is 4.87. The van der Waals surface area contributed by atoms with Crippen LogP contribution in [0.15, 0.2) is 29.2 Å². The zero-order chi connectivity index (χ0) is 15.6. The summed E-state index contributed by atoms with van der Waals surface area (Å²) in [4.78, 5) is 0.190. The molecule has 20 heavy (non-hydrogen) atoms. The van der Waals surface area contributed by atoms with Gasteiger partial charge >= 0.3 is 0 Å². The Morgan fingerprint density at radius 2 is 1.65 bits per heavy atom. The summed E-state index contributed by atoms with van der Waals surface area (Å²) < 4.78 is 51.6. The molecule has 0 fully saturated rings. The number of benzene rings is 1. The van der Waals surface area contributed by atoms with E-state index in [2.05, 4.69) is 9.44 Å². The maximum atomic E-state index is 12.2. The van der Waals surface area contributed by atoms with Crippen molar-refractivity contribution in [2.75, 3.05) is 12.8 Å². The van der Waals surface area contributed by atoms with Gasteiger partial charge in [0.25, 0.3) is 0 Å². The third-order valence-corrected chi connectivity index (χ3v) is 5.03. The van der Waals surface area contributed by atoms with Crippen LogP contribution in [0.5, 0.6) is 0 Å². The summed E-state index contributed by atoms with van der Waals surface area (Å²) in [5.74, 6) is 0. The lowest BCUT2D eigenvalue weighted by Crippen LogP contribution is -2.50. The molecule has 0 unspecified atom stereocenters. The van der Waals surface area contributed by atoms with Crippen LogP contribution in [-0.4, -0.2) is 35.2 Å². The third kappa shape index (κ3) is 5.20. The smallest absolute Gasteiger partial charge is 0.213 e. The van der Waals surface area contributed by atoms with Crippen LogP contribution in [0.1, 0.15) is 19.4 Å². The highest BCUT2D eigenvalue weighted by atomic mass is 32.2. The summed E-state index contributed by atoms with van der Waals surface area (Å²) in [5.41, 5.74) is -0.280. The Morgan fingerprint density at radius 1 is 1.10 bits per heavy atom. The first-order valence-electron chi connectivity index (χ1n) is 5.97. The van der Waals surface area contributed by atoms with E-state index in [1.165, 1.54) is 6.07 Å². The minimum atomic E-state index is -3.66. The molecule has 1 rings (SSSR count). The van der Waals surface area contributed by atoms with Crippen molar-refractivity contribution >= 4 is 20.0 Å². The third-order valence-electron chi connectivity index (χ3n) is 2.55. The van der Waals surface area contributed by atoms with E-state index in [1.807, 2.05) is 0 Å². The van der Waals surface area contributed by atoms with Gasteiger partial charge in [0.15, 0.2) is 0 Å². The first kappa shape index (κ1) is 17.1. The molecule has 0 radical (unpaired) electrons. The Balaban J connectivity index is 2.87. The van der Waals surface area contributed by atoms with E-state index >= 15 is 0 Å². The molecule has 0 spiro atoms. The van der Waals surface area contributed by atoms with Gasteiger partial charge in [0.05, 0.1) is 11.2 Å². The van der Waals surface area contributed by atoms with Crippen molar-refractivity contribution in [1.29, 1.82) is 0 Å². The van der Waals surface area contributed by atoms with E-state index in [0.29, 0.717) is 5.56 Å². The number of aryl methyl sites for hydroxylation is 1. The predicted octanol–water partition coefficient (Wildman–Crippen LogP) is 0.601. The highest BCUT2D eigenvalue weighted by Crippen LogP contribution is 2.14. The van der Waals surface area contributed by atoms with E-state index in [1.54, 1.807) is 39.0 Å². The van der Waals surface area contributed by atoms with Crippen LogP contribution in [0.3, 0.4) is 0 Å². The Bertz CT molecular complexity index is 679. The average Bonchev–Trinajstić information content (AvgIpc) is 2.24. The van der Waals surface area contributed by atoms with Gasteiger partial charge in [0.1, 0.15) is 0 Å². The minimum absolute atomic E-state index is 0.0449. The molecule has 0 aliphatic heterocycles. The van der Waals surface area contributed by atoms with Crippen molar-refractivity contribution in [2.24, 2.45) is 0 Å². The first-order valence-corrected chi connectivity index (χ1v) is 9.35. The zero-order valence-corrected chi connectivity index (χ0v) is 13.6. The van der Waals surface area contributed by atoms with Crippen molar-refractivity contribution in [3.05, 3.63) is 29.8 Å². The van der Waals surface area contributed by atoms with Crippen molar-refractivity contribution in [3.8, 4) is 0 Å². The highest BCUT2D eigenvalue weighted by molar-refractivity contribution is 7.89. The monoisotopic (exact) mass is 320 g/mol. The molecule has 0 atom stereocenters. The fraction of sp³-hybridized carbons (Fsp3) is 0.500. The molecular weight excluding hydrogens is 300 g/mol. The van der Waals surface area contributed by atoms with Crippen LogP contribution in [0, 0.1) is 6.92 Å². The molecule has 0 aliphatic carbocycles. The van der Waals surface area contributed by atoms with Crippen LogP contribution >= 0.6 is 0 Å². The van der Waals surface area contributed by atoms with E-state index in [0.717, 1.165) is 6.26 Å². The Kier molecular flexibility index (Phi) is 4.96. The Labute approximate surface area is 120 Å². The molecule has 0 bridgehead atoms. The fourth-order valence-corrected chi connectivity index (χ4v) is 4.28. The summed E-state index contributed by atoms with van der Waals surface area (Å²) >= 11 is 0. The average molecular weight is 320 g/mol. The zero-order valence-electron chi connectivity index (χ0n) is 12.0. The molecule has 0 amide bonds. The topological polar surface area (TPSA) is 92.3 Å². The van der Waals surface area contributed by atoms with Crippen molar-refractivity contribution in [1.82, 2.24) is 9.44 Å². The maximum absolute atomic E-state index is 12.2. The second-order valence-electron chi connectivity index (χ2n) is 5.35. The molecule has 1 aromatic carbocycles. The van der Waals surface area contributed by atoms with Gasteiger partial charge < -0.3 is 0 Å². The predicted molar refractivity (Wildman–Crippen MR) is 78.4 cm³/mol. The first-order chi connectivity index (χ1) is 8.93. The van der Waals surface area contributed by atoms with Gasteiger partial charge in [-0.3, -0.25) is 0 Å². The lowest BCUT2D eigenvalue weighted by Gasteiger charge is -2.25. The van der Waals surface area contributed by atoms with Gasteiger partial charge in [-0.25, -0.2) is 26.3 Å². The van der Waals surface area contributed by atoms with Gasteiger partial charge in [-0.15, -0.1) is 0 Å². The molecular formula is C12H20N2O4S2. The van der Waals surface area contributed by atoms with Crippen molar-refractivity contribution < 1.29 is 16.8 Å². The maximum Gasteiger partial charge on any atom is 0.240 e. The molecule has 114 valence electrons. The Hall–Kier alpha value is -0.960. The number of nitrogens with one attached hydrogen (secondary N) is 2. The van der Waals surface area contributed by atoms with Gasteiger partial charge in [-0.1, -0.05) is 18.2 Å². The number of hydrogen-bond donors (Lipinski definition) is 2. The van der Waals surface area contributed by atoms with Crippen LogP contribution in [0.4, 0.5) is 0 Å². The quantitative estimate of drug-likeness (QED) is 0.803. The molecule has 6 nitrogen and oxygen atoms in total. The second kappa shape index (κ2) is 5.80. The molecule has 8 heteroatoms. The minimum Gasteiger partial charge on any atom is -0.213 e. The van der Waals surface area contributed by atoms with E-state index < -0.39 is 25.6 Å². The lowest BCUT2D eigenvalue weighted by molar-refractivity contribution is 0.446. The van der Waals surface area contributed by atoms with E-state index in [-0.39, 0.29) is 11.4 Å². The summed E-state index contributed by atoms with van der Waals surface area (Å²) in [6.07, 6.45) is 1.03. The molecule has 0 aromatic heterocycles. The summed E-state index contributed by atoms with van der Waals surface area (Å²) in [5, 5.41) is 0. The van der Waals surface area contributed by atoms with Crippen LogP contribution in [0.25, 0.3) is 0 Å². The van der Waals surface area contributed by atoms with Crippen molar-refractivity contribution in [2.45, 2.75) is 31.2 Å². The van der Waals surface area contributed by atoms with Crippen LogP contribution in [-0.2, 0) is 20.0 Å². The summed E-state index contributed by atoms with van der Waals surface area (Å²) in [6, 6.07) is 6.61. The van der Waals surface area contributed by atoms with Gasteiger partial charge in [-0.05, 0) is 32.4 Å². The molecule has 0 heterocycles. The van der Waals surface area contributed by atoms with Gasteiger partial charge in [0.2, 0.25) is 20.0 Å². The highest BCUT2D eigenvalue weighted by Gasteiger charge is 2.25. The number of hydrogen-bond acceptors (Lipinski definition) is 4. The lowest BCUT2D eigenvalue weighted by atomic mass is 10.1. The van der Waals surface area contributed by atoms with Crippen LogP contribution in [0.2, 0.25) is 0 Å². The molecule has 1 aromatic rings. The second-order valence-corrected chi connectivity index (χ2v) is 8.83. The molecule has 0 saturated carbocycles. The SMILES string of the molecule is Cc1ccccc1S(=O)(=O)NCC(C)(C)NS(C)(=O)=O. The molecule has 0 saturated heterocycles. The van der Waals surface area contributed by atoms with Crippen LogP contribution < -0.4 is 9.44 Å². The largest absolute Gasteiger partial charge is 0.240 e. The van der Waals surface area contributed by atoms with Gasteiger partial charge in [0, 0.05) is 12.1 Å². The Morgan fingerprint density at radius 3 is 2.15 bits per heavy atom. The number of sulfonamides is 2. The standard InChI is InChI=1S/C12H20N2O4S2/c1-10-7-5-6-8-11(10)20(17,18)13-9-12(2,3)14-19(4,15)16/h5-8,13-14H,9H2,1-4H3. The fourth-order valence-electron chi connectivity index (χ4n) is 1.75. The number of rotatable bonds is 6. The van der Waals surface area contributed by atoms with Gasteiger partial charge in [-0.2, -0.15) is 0 Å². The molecule has 2 N–H and O–H groups in total. The van der Waals surface area contributed by atoms with E-state index in [9.17, 15) is 16.8 Å². The molecule has 0 aliphatic rings. The van der Waals surface area contributed by atoms with E-state index in [4.69, 9.17) is 0 Å². The van der Waals surface area contributed by atoms with Crippen molar-refractivity contribution in [3.63, 3.8) is 0 Å². The normalized spacial score (nSPS) is 13.4. The summed E-state index contributed by atoms with van der Waals surface area (Å²) in [7, 11) is -7.07.